The van der Waals surface area contributed by atoms with Crippen molar-refractivity contribution in [3.8, 4) is 0 Å². The standard InChI is InChI=1S/C16H22O10/c1-5-8(18)2-6-7(14(22)23)4-24-15(10(5)6)26-16-13(21)12(20)11(19)9(3-17)25-16/h4,6,8-13,15-21H,1-3H2,(H,22,23)/t6-,8+,9+,10-,11+,12-,13+,15+,16-/m0/s1. The van der Waals surface area contributed by atoms with E-state index in [9.17, 15) is 35.4 Å². The van der Waals surface area contributed by atoms with Crippen LogP contribution in [0, 0.1) is 11.8 Å². The van der Waals surface area contributed by atoms with Crippen LogP contribution in [0.2, 0.25) is 0 Å². The molecule has 10 heteroatoms. The van der Waals surface area contributed by atoms with Gasteiger partial charge in [0.1, 0.15) is 24.4 Å². The van der Waals surface area contributed by atoms with Crippen LogP contribution in [0.4, 0.5) is 0 Å². The number of carboxylic acid groups (broad SMARTS) is 1. The summed E-state index contributed by atoms with van der Waals surface area (Å²) in [6, 6.07) is 0. The Labute approximate surface area is 148 Å². The van der Waals surface area contributed by atoms with Crippen molar-refractivity contribution < 1.29 is 49.6 Å². The van der Waals surface area contributed by atoms with Crippen LogP contribution in [0.1, 0.15) is 6.42 Å². The van der Waals surface area contributed by atoms with Crippen LogP contribution in [0.25, 0.3) is 0 Å². The zero-order valence-corrected chi connectivity index (χ0v) is 13.7. The quantitative estimate of drug-likeness (QED) is 0.294. The van der Waals surface area contributed by atoms with Gasteiger partial charge in [0, 0.05) is 5.92 Å². The van der Waals surface area contributed by atoms with Crippen molar-refractivity contribution in [2.45, 2.75) is 49.5 Å². The van der Waals surface area contributed by atoms with E-state index in [0.29, 0.717) is 5.57 Å². The fraction of sp³-hybridized carbons (Fsp3) is 0.688. The summed E-state index contributed by atoms with van der Waals surface area (Å²) in [5.41, 5.74) is 0.304. The Kier molecular flexibility index (Phi) is 5.35. The lowest BCUT2D eigenvalue weighted by molar-refractivity contribution is -0.339. The van der Waals surface area contributed by atoms with Gasteiger partial charge in [-0.1, -0.05) is 6.58 Å². The van der Waals surface area contributed by atoms with E-state index in [-0.39, 0.29) is 12.0 Å². The van der Waals surface area contributed by atoms with Gasteiger partial charge in [0.2, 0.25) is 6.29 Å². The van der Waals surface area contributed by atoms with Gasteiger partial charge in [0.15, 0.2) is 6.29 Å². The first-order valence-electron chi connectivity index (χ1n) is 8.17. The van der Waals surface area contributed by atoms with Crippen LogP contribution >= 0.6 is 0 Å². The summed E-state index contributed by atoms with van der Waals surface area (Å²) in [5, 5.41) is 58.3. The molecular formula is C16H22O10. The number of aliphatic hydroxyl groups is 5. The number of hydrogen-bond acceptors (Lipinski definition) is 9. The van der Waals surface area contributed by atoms with Crippen molar-refractivity contribution in [3.63, 3.8) is 0 Å². The van der Waals surface area contributed by atoms with Crippen molar-refractivity contribution in [2.75, 3.05) is 6.61 Å². The minimum Gasteiger partial charge on any atom is -0.478 e. The number of carbonyl (C=O) groups is 1. The number of ether oxygens (including phenoxy) is 3. The normalized spacial score (nSPS) is 45.7. The maximum Gasteiger partial charge on any atom is 0.334 e. The summed E-state index contributed by atoms with van der Waals surface area (Å²) < 4.78 is 16.2. The van der Waals surface area contributed by atoms with Crippen LogP contribution < -0.4 is 0 Å². The molecule has 0 amide bonds. The molecular weight excluding hydrogens is 352 g/mol. The Morgan fingerprint density at radius 3 is 2.50 bits per heavy atom. The maximum absolute atomic E-state index is 11.4. The Bertz CT molecular complexity index is 602. The zero-order chi connectivity index (χ0) is 19.2. The van der Waals surface area contributed by atoms with E-state index in [1.54, 1.807) is 0 Å². The Morgan fingerprint density at radius 2 is 1.88 bits per heavy atom. The van der Waals surface area contributed by atoms with Gasteiger partial charge in [-0.05, 0) is 12.0 Å². The van der Waals surface area contributed by atoms with Crippen LogP contribution in [-0.4, -0.2) is 86.3 Å². The lowest BCUT2D eigenvalue weighted by Gasteiger charge is -2.42. The fourth-order valence-corrected chi connectivity index (χ4v) is 3.65. The average Bonchev–Trinajstić information content (AvgIpc) is 2.90. The molecule has 9 atom stereocenters. The van der Waals surface area contributed by atoms with Crippen LogP contribution in [0.3, 0.4) is 0 Å². The summed E-state index contributed by atoms with van der Waals surface area (Å²) in [6.07, 6.45) is -8.28. The smallest absolute Gasteiger partial charge is 0.334 e. The summed E-state index contributed by atoms with van der Waals surface area (Å²) in [5.74, 6) is -2.49. The van der Waals surface area contributed by atoms with Crippen LogP contribution in [0.5, 0.6) is 0 Å². The van der Waals surface area contributed by atoms with Crippen molar-refractivity contribution in [2.24, 2.45) is 11.8 Å². The van der Waals surface area contributed by atoms with E-state index in [2.05, 4.69) is 6.58 Å². The Hall–Kier alpha value is -1.53. The third kappa shape index (κ3) is 3.14. The van der Waals surface area contributed by atoms with Gasteiger partial charge in [-0.25, -0.2) is 4.79 Å². The van der Waals surface area contributed by atoms with E-state index < -0.39 is 67.5 Å². The van der Waals surface area contributed by atoms with Gasteiger partial charge < -0.3 is 44.8 Å². The number of carboxylic acids is 1. The third-order valence-electron chi connectivity index (χ3n) is 5.15. The molecule has 1 saturated heterocycles. The summed E-state index contributed by atoms with van der Waals surface area (Å²) in [7, 11) is 0. The third-order valence-corrected chi connectivity index (χ3v) is 5.15. The first-order valence-corrected chi connectivity index (χ1v) is 8.17. The second-order valence-electron chi connectivity index (χ2n) is 6.67. The molecule has 146 valence electrons. The molecule has 0 unspecified atom stereocenters. The molecule has 0 bridgehead atoms. The highest BCUT2D eigenvalue weighted by Crippen LogP contribution is 2.46. The van der Waals surface area contributed by atoms with Crippen LogP contribution in [-0.2, 0) is 19.0 Å². The molecule has 0 radical (unpaired) electrons. The Morgan fingerprint density at radius 1 is 1.19 bits per heavy atom. The van der Waals surface area contributed by atoms with Crippen molar-refractivity contribution >= 4 is 5.97 Å². The number of aliphatic carboxylic acids is 1. The number of fused-ring (bicyclic) bond motifs is 1. The van der Waals surface area contributed by atoms with Crippen molar-refractivity contribution in [1.29, 1.82) is 0 Å². The fourth-order valence-electron chi connectivity index (χ4n) is 3.65. The summed E-state index contributed by atoms with van der Waals surface area (Å²) in [6.45, 7) is 3.16. The second-order valence-corrected chi connectivity index (χ2v) is 6.67. The number of aliphatic hydroxyl groups excluding tert-OH is 5. The first-order chi connectivity index (χ1) is 12.3. The predicted octanol–water partition coefficient (Wildman–Crippen LogP) is -2.32. The van der Waals surface area contributed by atoms with Gasteiger partial charge in [-0.2, -0.15) is 0 Å². The largest absolute Gasteiger partial charge is 0.478 e. The SMILES string of the molecule is C=C1[C@@H]2[C@@H](O[C@@H]3O[C@H](CO)[C@@H](O)[C@H](O)[C@H]3O)OC=C(C(=O)O)[C@@H]2C[C@H]1O. The summed E-state index contributed by atoms with van der Waals surface area (Å²) >= 11 is 0. The van der Waals surface area contributed by atoms with Gasteiger partial charge in [-0.3, -0.25) is 0 Å². The van der Waals surface area contributed by atoms with Gasteiger partial charge in [0.25, 0.3) is 0 Å². The molecule has 1 aliphatic carbocycles. The number of hydrogen-bond donors (Lipinski definition) is 6. The first kappa shape index (κ1) is 19.2. The lowest BCUT2D eigenvalue weighted by Crippen LogP contribution is -2.60. The molecule has 26 heavy (non-hydrogen) atoms. The average molecular weight is 374 g/mol. The minimum atomic E-state index is -1.63. The van der Waals surface area contributed by atoms with E-state index in [1.807, 2.05) is 0 Å². The van der Waals surface area contributed by atoms with E-state index in [1.165, 1.54) is 0 Å². The monoisotopic (exact) mass is 374 g/mol. The second kappa shape index (κ2) is 7.24. The van der Waals surface area contributed by atoms with Crippen molar-refractivity contribution in [1.82, 2.24) is 0 Å². The molecule has 2 fully saturated rings. The highest BCUT2D eigenvalue weighted by Gasteiger charge is 2.51. The maximum atomic E-state index is 11.4. The Balaban J connectivity index is 1.81. The molecule has 10 nitrogen and oxygen atoms in total. The summed E-state index contributed by atoms with van der Waals surface area (Å²) in [4.78, 5) is 11.4. The van der Waals surface area contributed by atoms with Gasteiger partial charge in [-0.15, -0.1) is 0 Å². The molecule has 2 aliphatic heterocycles. The van der Waals surface area contributed by atoms with Crippen molar-refractivity contribution in [3.05, 3.63) is 24.0 Å². The molecule has 1 saturated carbocycles. The van der Waals surface area contributed by atoms with Crippen LogP contribution in [0.15, 0.2) is 24.0 Å². The van der Waals surface area contributed by atoms with E-state index >= 15 is 0 Å². The zero-order valence-electron chi connectivity index (χ0n) is 13.7. The van der Waals surface area contributed by atoms with Gasteiger partial charge >= 0.3 is 5.97 Å². The number of rotatable bonds is 4. The highest BCUT2D eigenvalue weighted by atomic mass is 16.8. The highest BCUT2D eigenvalue weighted by molar-refractivity contribution is 5.87. The molecule has 0 aromatic carbocycles. The van der Waals surface area contributed by atoms with E-state index in [4.69, 9.17) is 14.2 Å². The molecule has 6 N–H and O–H groups in total. The molecule has 3 rings (SSSR count). The minimum absolute atomic E-state index is 0.0265. The van der Waals surface area contributed by atoms with Gasteiger partial charge in [0.05, 0.1) is 30.5 Å². The molecule has 0 spiro atoms. The molecule has 0 aromatic rings. The molecule has 3 aliphatic rings. The van der Waals surface area contributed by atoms with E-state index in [0.717, 1.165) is 6.26 Å². The topological polar surface area (TPSA) is 166 Å². The molecule has 2 heterocycles. The lowest BCUT2D eigenvalue weighted by atomic mass is 9.85. The predicted molar refractivity (Wildman–Crippen MR) is 82.2 cm³/mol. The molecule has 0 aromatic heterocycles.